The molecule has 0 bridgehead atoms. The Kier molecular flexibility index (Phi) is 3.41. The number of aromatic nitrogens is 4. The second-order valence-electron chi connectivity index (χ2n) is 6.07. The van der Waals surface area contributed by atoms with Gasteiger partial charge in [-0.15, -0.1) is 0 Å². The van der Waals surface area contributed by atoms with Crippen molar-refractivity contribution in [3.05, 3.63) is 58.4 Å². The summed E-state index contributed by atoms with van der Waals surface area (Å²) in [6, 6.07) is 7.15. The van der Waals surface area contributed by atoms with Crippen LogP contribution in [0.5, 0.6) is 0 Å². The van der Waals surface area contributed by atoms with Gasteiger partial charge in [0.1, 0.15) is 5.69 Å². The molecule has 4 rings (SSSR count). The summed E-state index contributed by atoms with van der Waals surface area (Å²) in [5.74, 6) is 0.0834. The zero-order valence-corrected chi connectivity index (χ0v) is 13.3. The number of pyridine rings is 2. The number of likely N-dealkylation sites (tertiary alicyclic amines) is 1. The van der Waals surface area contributed by atoms with Crippen molar-refractivity contribution in [1.82, 2.24) is 24.6 Å². The Morgan fingerprint density at radius 1 is 1.33 bits per heavy atom. The van der Waals surface area contributed by atoms with E-state index in [9.17, 15) is 9.59 Å². The van der Waals surface area contributed by atoms with Gasteiger partial charge in [-0.2, -0.15) is 5.10 Å². The highest BCUT2D eigenvalue weighted by atomic mass is 16.2. The third-order valence-electron chi connectivity index (χ3n) is 4.59. The van der Waals surface area contributed by atoms with Crippen LogP contribution in [0, 0.1) is 0 Å². The van der Waals surface area contributed by atoms with Gasteiger partial charge in [0.05, 0.1) is 10.9 Å². The normalized spacial score (nSPS) is 17.5. The molecule has 1 amide bonds. The molecular weight excluding hydrogens is 306 g/mol. The van der Waals surface area contributed by atoms with Crippen LogP contribution >= 0.6 is 0 Å². The molecule has 1 aliphatic rings. The summed E-state index contributed by atoms with van der Waals surface area (Å²) in [4.78, 5) is 33.8. The SMILES string of the molecule is Cn1nccc1C(=O)N1CC[C@@H](c2cc3ncccc3c(=O)[nH]2)C1. The number of fused-ring (bicyclic) bond motifs is 1. The first-order chi connectivity index (χ1) is 11.6. The van der Waals surface area contributed by atoms with Crippen LogP contribution in [-0.2, 0) is 7.05 Å². The Hall–Kier alpha value is -2.96. The molecule has 3 aromatic heterocycles. The van der Waals surface area contributed by atoms with Gasteiger partial charge in [-0.1, -0.05) is 0 Å². The first kappa shape index (κ1) is 14.6. The molecule has 1 atom stereocenters. The maximum Gasteiger partial charge on any atom is 0.272 e. The van der Waals surface area contributed by atoms with Gasteiger partial charge in [-0.3, -0.25) is 19.3 Å². The number of carbonyl (C=O) groups excluding carboxylic acids is 1. The number of nitrogens with zero attached hydrogens (tertiary/aromatic N) is 4. The number of aromatic amines is 1. The smallest absolute Gasteiger partial charge is 0.272 e. The van der Waals surface area contributed by atoms with E-state index in [-0.39, 0.29) is 17.4 Å². The summed E-state index contributed by atoms with van der Waals surface area (Å²) < 4.78 is 1.58. The van der Waals surface area contributed by atoms with Crippen molar-refractivity contribution in [1.29, 1.82) is 0 Å². The van der Waals surface area contributed by atoms with Crippen molar-refractivity contribution in [3.8, 4) is 0 Å². The highest BCUT2D eigenvalue weighted by Gasteiger charge is 2.30. The molecule has 4 heterocycles. The fraction of sp³-hybridized carbons (Fsp3) is 0.294. The van der Waals surface area contributed by atoms with E-state index >= 15 is 0 Å². The molecular formula is C17H17N5O2. The minimum Gasteiger partial charge on any atom is -0.337 e. The van der Waals surface area contributed by atoms with Crippen LogP contribution in [0.15, 0.2) is 41.5 Å². The van der Waals surface area contributed by atoms with Crippen molar-refractivity contribution in [2.24, 2.45) is 7.05 Å². The number of carbonyl (C=O) groups is 1. The molecule has 0 aliphatic carbocycles. The lowest BCUT2D eigenvalue weighted by atomic mass is 10.0. The fourth-order valence-electron chi connectivity index (χ4n) is 3.27. The highest BCUT2D eigenvalue weighted by Crippen LogP contribution is 2.27. The molecule has 7 nitrogen and oxygen atoms in total. The third-order valence-corrected chi connectivity index (χ3v) is 4.59. The first-order valence-electron chi connectivity index (χ1n) is 7.89. The first-order valence-corrected chi connectivity index (χ1v) is 7.89. The lowest BCUT2D eigenvalue weighted by molar-refractivity contribution is 0.0780. The van der Waals surface area contributed by atoms with Gasteiger partial charge >= 0.3 is 0 Å². The zero-order chi connectivity index (χ0) is 16.7. The second-order valence-corrected chi connectivity index (χ2v) is 6.07. The molecule has 0 saturated carbocycles. The number of H-pyrrole nitrogens is 1. The molecule has 0 radical (unpaired) electrons. The highest BCUT2D eigenvalue weighted by molar-refractivity contribution is 5.92. The molecule has 3 aromatic rings. The van der Waals surface area contributed by atoms with Gasteiger partial charge < -0.3 is 9.88 Å². The van der Waals surface area contributed by atoms with E-state index in [1.807, 2.05) is 11.0 Å². The average molecular weight is 323 g/mol. The fourth-order valence-corrected chi connectivity index (χ4v) is 3.27. The topological polar surface area (TPSA) is 83.9 Å². The Balaban J connectivity index is 1.60. The lowest BCUT2D eigenvalue weighted by Crippen LogP contribution is -2.30. The molecule has 0 unspecified atom stereocenters. The monoisotopic (exact) mass is 323 g/mol. The van der Waals surface area contributed by atoms with Gasteiger partial charge in [-0.05, 0) is 30.7 Å². The molecule has 1 saturated heterocycles. The average Bonchev–Trinajstić information content (AvgIpc) is 3.23. The molecule has 1 N–H and O–H groups in total. The van der Waals surface area contributed by atoms with Crippen LogP contribution in [0.2, 0.25) is 0 Å². The Labute approximate surface area is 137 Å². The van der Waals surface area contributed by atoms with Gasteiger partial charge in [-0.25, -0.2) is 0 Å². The number of nitrogens with one attached hydrogen (secondary N) is 1. The summed E-state index contributed by atoms with van der Waals surface area (Å²) in [7, 11) is 1.76. The van der Waals surface area contributed by atoms with Gasteiger partial charge in [0.15, 0.2) is 0 Å². The predicted molar refractivity (Wildman–Crippen MR) is 88.8 cm³/mol. The molecule has 0 spiro atoms. The van der Waals surface area contributed by atoms with E-state index in [1.165, 1.54) is 0 Å². The van der Waals surface area contributed by atoms with Gasteiger partial charge in [0.2, 0.25) is 0 Å². The van der Waals surface area contributed by atoms with E-state index in [4.69, 9.17) is 0 Å². The Morgan fingerprint density at radius 2 is 2.21 bits per heavy atom. The molecule has 7 heteroatoms. The summed E-state index contributed by atoms with van der Waals surface area (Å²) in [6.07, 6.45) is 4.11. The zero-order valence-electron chi connectivity index (χ0n) is 13.3. The van der Waals surface area contributed by atoms with Gasteiger partial charge in [0.25, 0.3) is 11.5 Å². The van der Waals surface area contributed by atoms with Crippen molar-refractivity contribution in [2.75, 3.05) is 13.1 Å². The predicted octanol–water partition coefficient (Wildman–Crippen LogP) is 1.29. The number of rotatable bonds is 2. The largest absolute Gasteiger partial charge is 0.337 e. The number of aryl methyl sites for hydroxylation is 1. The van der Waals surface area contributed by atoms with Crippen LogP contribution < -0.4 is 5.56 Å². The number of hydrogen-bond acceptors (Lipinski definition) is 4. The molecule has 24 heavy (non-hydrogen) atoms. The summed E-state index contributed by atoms with van der Waals surface area (Å²) in [5.41, 5.74) is 1.97. The molecule has 1 fully saturated rings. The Bertz CT molecular complexity index is 974. The number of amides is 1. The van der Waals surface area contributed by atoms with Crippen LogP contribution in [0.3, 0.4) is 0 Å². The van der Waals surface area contributed by atoms with E-state index in [2.05, 4.69) is 15.1 Å². The maximum atomic E-state index is 12.6. The Morgan fingerprint density at radius 3 is 3.00 bits per heavy atom. The van der Waals surface area contributed by atoms with E-state index in [0.29, 0.717) is 29.7 Å². The summed E-state index contributed by atoms with van der Waals surface area (Å²) in [6.45, 7) is 1.25. The standard InChI is InChI=1S/C17H17N5O2/c1-21-15(4-7-19-21)17(24)22-8-5-11(10-22)13-9-14-12(16(23)20-13)3-2-6-18-14/h2-4,6-7,9,11H,5,8,10H2,1H3,(H,20,23)/t11-/m1/s1. The van der Waals surface area contributed by atoms with Crippen molar-refractivity contribution < 1.29 is 4.79 Å². The van der Waals surface area contributed by atoms with E-state index < -0.39 is 0 Å². The minimum absolute atomic E-state index is 0.0289. The van der Waals surface area contributed by atoms with Crippen molar-refractivity contribution in [3.63, 3.8) is 0 Å². The quantitative estimate of drug-likeness (QED) is 0.770. The summed E-state index contributed by atoms with van der Waals surface area (Å²) >= 11 is 0. The molecule has 0 aromatic carbocycles. The van der Waals surface area contributed by atoms with Crippen LogP contribution in [0.1, 0.15) is 28.5 Å². The van der Waals surface area contributed by atoms with Gasteiger partial charge in [0, 0.05) is 44.1 Å². The van der Waals surface area contributed by atoms with Crippen LogP contribution in [-0.4, -0.2) is 43.6 Å². The molecule has 1 aliphatic heterocycles. The van der Waals surface area contributed by atoms with Crippen LogP contribution in [0.4, 0.5) is 0 Å². The minimum atomic E-state index is -0.132. The maximum absolute atomic E-state index is 12.6. The van der Waals surface area contributed by atoms with Crippen molar-refractivity contribution in [2.45, 2.75) is 12.3 Å². The van der Waals surface area contributed by atoms with E-state index in [1.54, 1.807) is 42.3 Å². The van der Waals surface area contributed by atoms with Crippen LogP contribution in [0.25, 0.3) is 10.9 Å². The van der Waals surface area contributed by atoms with E-state index in [0.717, 1.165) is 12.1 Å². The molecule has 122 valence electrons. The second kappa shape index (κ2) is 5.59. The third kappa shape index (κ3) is 2.38. The summed E-state index contributed by atoms with van der Waals surface area (Å²) in [5, 5.41) is 4.63. The van der Waals surface area contributed by atoms with Crippen molar-refractivity contribution >= 4 is 16.8 Å². The lowest BCUT2D eigenvalue weighted by Gasteiger charge is -2.16. The number of hydrogen-bond donors (Lipinski definition) is 1.